The SMILES string of the molecule is Cc1cc(F)cc(C)c1Oc1ccc(C(C)(C)O)cc1-c1cn(C)c(=O)cc1OC1CCC(NC(=O)N2CCOCC2)CC1. The lowest BCUT2D eigenvalue weighted by Crippen LogP contribution is -2.50. The smallest absolute Gasteiger partial charge is 0.317 e. The summed E-state index contributed by atoms with van der Waals surface area (Å²) in [7, 11) is 1.67. The Balaban J connectivity index is 1.42. The number of pyridine rings is 1. The lowest BCUT2D eigenvalue weighted by atomic mass is 9.92. The maximum Gasteiger partial charge on any atom is 0.317 e. The van der Waals surface area contributed by atoms with Gasteiger partial charge in [0.15, 0.2) is 0 Å². The fourth-order valence-corrected chi connectivity index (χ4v) is 5.83. The average Bonchev–Trinajstić information content (AvgIpc) is 2.97. The average molecular weight is 608 g/mol. The quantitative estimate of drug-likeness (QED) is 0.365. The van der Waals surface area contributed by atoms with Crippen LogP contribution in [0.5, 0.6) is 17.2 Å². The third-order valence-electron chi connectivity index (χ3n) is 8.40. The molecule has 2 amide bonds. The van der Waals surface area contributed by atoms with Crippen molar-refractivity contribution >= 4 is 6.03 Å². The maximum absolute atomic E-state index is 14.0. The molecule has 44 heavy (non-hydrogen) atoms. The summed E-state index contributed by atoms with van der Waals surface area (Å²) in [6.45, 7) is 9.29. The Morgan fingerprint density at radius 2 is 1.66 bits per heavy atom. The van der Waals surface area contributed by atoms with Gasteiger partial charge in [-0.1, -0.05) is 6.07 Å². The van der Waals surface area contributed by atoms with Gasteiger partial charge in [-0.05, 0) is 94.3 Å². The lowest BCUT2D eigenvalue weighted by Gasteiger charge is -2.33. The molecule has 2 fully saturated rings. The van der Waals surface area contributed by atoms with Gasteiger partial charge >= 0.3 is 6.03 Å². The van der Waals surface area contributed by atoms with E-state index < -0.39 is 5.60 Å². The first-order valence-electron chi connectivity index (χ1n) is 15.2. The number of hydrogen-bond donors (Lipinski definition) is 2. The number of halogens is 1. The molecule has 236 valence electrons. The van der Waals surface area contributed by atoms with Crippen molar-refractivity contribution in [3.63, 3.8) is 0 Å². The molecule has 1 aromatic heterocycles. The van der Waals surface area contributed by atoms with E-state index in [9.17, 15) is 19.1 Å². The molecule has 2 heterocycles. The highest BCUT2D eigenvalue weighted by molar-refractivity contribution is 5.77. The number of urea groups is 1. The normalized spacial score (nSPS) is 19.0. The Bertz CT molecular complexity index is 1540. The Morgan fingerprint density at radius 1 is 1.00 bits per heavy atom. The molecule has 0 spiro atoms. The molecule has 10 heteroatoms. The number of amides is 2. The zero-order valence-electron chi connectivity index (χ0n) is 26.1. The largest absolute Gasteiger partial charge is 0.490 e. The zero-order valence-corrected chi connectivity index (χ0v) is 26.1. The van der Waals surface area contributed by atoms with Crippen LogP contribution in [0.1, 0.15) is 56.2 Å². The molecular formula is C34H42FN3O6. The maximum atomic E-state index is 14.0. The fraction of sp³-hybridized carbons (Fsp3) is 0.471. The molecule has 2 aliphatic rings. The van der Waals surface area contributed by atoms with Crippen LogP contribution in [0.3, 0.4) is 0 Å². The monoisotopic (exact) mass is 607 g/mol. The van der Waals surface area contributed by atoms with E-state index in [-0.39, 0.29) is 29.6 Å². The van der Waals surface area contributed by atoms with Gasteiger partial charge in [0.2, 0.25) is 0 Å². The van der Waals surface area contributed by atoms with Crippen LogP contribution in [-0.2, 0) is 17.4 Å². The Kier molecular flexibility index (Phi) is 9.31. The minimum Gasteiger partial charge on any atom is -0.490 e. The van der Waals surface area contributed by atoms with Crippen molar-refractivity contribution in [3.8, 4) is 28.4 Å². The molecular weight excluding hydrogens is 565 g/mol. The van der Waals surface area contributed by atoms with Crippen LogP contribution in [-0.4, -0.2) is 59.1 Å². The molecule has 1 aliphatic carbocycles. The van der Waals surface area contributed by atoms with E-state index in [2.05, 4.69) is 5.32 Å². The van der Waals surface area contributed by atoms with Gasteiger partial charge in [-0.25, -0.2) is 9.18 Å². The highest BCUT2D eigenvalue weighted by Crippen LogP contribution is 2.42. The van der Waals surface area contributed by atoms with E-state index in [0.29, 0.717) is 84.2 Å². The van der Waals surface area contributed by atoms with Crippen LogP contribution < -0.4 is 20.3 Å². The number of hydrogen-bond acceptors (Lipinski definition) is 6. The molecule has 0 bridgehead atoms. The van der Waals surface area contributed by atoms with Crippen molar-refractivity contribution in [3.05, 3.63) is 75.5 Å². The van der Waals surface area contributed by atoms with Crippen LogP contribution in [0.15, 0.2) is 47.4 Å². The summed E-state index contributed by atoms with van der Waals surface area (Å²) < 4.78 is 33.8. The van der Waals surface area contributed by atoms with Gasteiger partial charge < -0.3 is 34.1 Å². The number of carbonyl (C=O) groups is 1. The number of nitrogens with zero attached hydrogens (tertiary/aromatic N) is 2. The first-order valence-corrected chi connectivity index (χ1v) is 15.2. The molecule has 1 saturated carbocycles. The van der Waals surface area contributed by atoms with E-state index >= 15 is 0 Å². The third-order valence-corrected chi connectivity index (χ3v) is 8.40. The van der Waals surface area contributed by atoms with Gasteiger partial charge in [0.1, 0.15) is 23.1 Å². The molecule has 1 aliphatic heterocycles. The van der Waals surface area contributed by atoms with Gasteiger partial charge in [0, 0.05) is 49.6 Å². The van der Waals surface area contributed by atoms with Crippen molar-refractivity contribution in [1.82, 2.24) is 14.8 Å². The molecule has 1 saturated heterocycles. The number of rotatable bonds is 7. The van der Waals surface area contributed by atoms with E-state index in [4.69, 9.17) is 14.2 Å². The van der Waals surface area contributed by atoms with Crippen molar-refractivity contribution in [2.75, 3.05) is 26.3 Å². The Hall–Kier alpha value is -3.89. The number of aryl methyl sites for hydroxylation is 3. The first-order chi connectivity index (χ1) is 20.9. The molecule has 0 radical (unpaired) electrons. The van der Waals surface area contributed by atoms with Crippen molar-refractivity contribution in [2.24, 2.45) is 7.05 Å². The molecule has 9 nitrogen and oxygen atoms in total. The van der Waals surface area contributed by atoms with Gasteiger partial charge in [0.05, 0.1) is 24.9 Å². The minimum absolute atomic E-state index is 0.0546. The number of aromatic nitrogens is 1. The van der Waals surface area contributed by atoms with Gasteiger partial charge in [-0.3, -0.25) is 4.79 Å². The Labute approximate surface area is 257 Å². The van der Waals surface area contributed by atoms with Gasteiger partial charge in [0.25, 0.3) is 5.56 Å². The van der Waals surface area contributed by atoms with Gasteiger partial charge in [-0.2, -0.15) is 0 Å². The van der Waals surface area contributed by atoms with Crippen LogP contribution in [0, 0.1) is 19.7 Å². The second kappa shape index (κ2) is 13.0. The topological polar surface area (TPSA) is 102 Å². The standard InChI is InChI=1S/C34H42FN3O6/c1-21-16-24(35)17-22(2)32(21)44-29-11-6-23(34(3,4)41)18-27(29)28-20-37(5)31(39)19-30(28)43-26-9-7-25(8-10-26)36-33(40)38-12-14-42-15-13-38/h6,11,16-20,25-26,41H,7-10,12-15H2,1-5H3,(H,36,40). The second-order valence-electron chi connectivity index (χ2n) is 12.4. The fourth-order valence-electron chi connectivity index (χ4n) is 5.83. The van der Waals surface area contributed by atoms with Gasteiger partial charge in [-0.15, -0.1) is 0 Å². The van der Waals surface area contributed by atoms with Crippen molar-refractivity contribution in [1.29, 1.82) is 0 Å². The summed E-state index contributed by atoms with van der Waals surface area (Å²) >= 11 is 0. The Morgan fingerprint density at radius 3 is 2.30 bits per heavy atom. The van der Waals surface area contributed by atoms with Crippen LogP contribution in [0.25, 0.3) is 11.1 Å². The summed E-state index contributed by atoms with van der Waals surface area (Å²) in [5.41, 5.74) is 1.85. The van der Waals surface area contributed by atoms with Crippen molar-refractivity contribution in [2.45, 2.75) is 71.1 Å². The van der Waals surface area contributed by atoms with E-state index in [1.807, 2.05) is 6.07 Å². The third kappa shape index (κ3) is 7.25. The number of benzene rings is 2. The predicted octanol–water partition coefficient (Wildman–Crippen LogP) is 5.56. The number of aliphatic hydroxyl groups is 1. The predicted molar refractivity (Wildman–Crippen MR) is 166 cm³/mol. The molecule has 3 aromatic rings. The second-order valence-corrected chi connectivity index (χ2v) is 12.4. The van der Waals surface area contributed by atoms with E-state index in [0.717, 1.165) is 12.8 Å². The first kappa shape index (κ1) is 31.5. The number of carbonyl (C=O) groups excluding carboxylic acids is 1. The summed E-state index contributed by atoms with van der Waals surface area (Å²) in [4.78, 5) is 27.3. The molecule has 5 rings (SSSR count). The highest BCUT2D eigenvalue weighted by Gasteiger charge is 2.28. The zero-order chi connectivity index (χ0) is 31.6. The summed E-state index contributed by atoms with van der Waals surface area (Å²) in [5, 5.41) is 14.0. The number of ether oxygens (including phenoxy) is 3. The van der Waals surface area contributed by atoms with Crippen molar-refractivity contribution < 1.29 is 28.5 Å². The molecule has 0 unspecified atom stereocenters. The summed E-state index contributed by atoms with van der Waals surface area (Å²) in [6, 6.07) is 9.74. The molecule has 0 atom stereocenters. The summed E-state index contributed by atoms with van der Waals surface area (Å²) in [5.74, 6) is 1.09. The van der Waals surface area contributed by atoms with E-state index in [1.54, 1.807) is 58.0 Å². The number of morpholine rings is 1. The van der Waals surface area contributed by atoms with Crippen LogP contribution in [0.4, 0.5) is 9.18 Å². The highest BCUT2D eigenvalue weighted by atomic mass is 19.1. The molecule has 2 aromatic carbocycles. The van der Waals surface area contributed by atoms with Crippen LogP contribution in [0.2, 0.25) is 0 Å². The van der Waals surface area contributed by atoms with E-state index in [1.165, 1.54) is 22.8 Å². The minimum atomic E-state index is -1.14. The lowest BCUT2D eigenvalue weighted by molar-refractivity contribution is 0.0514. The number of nitrogens with one attached hydrogen (secondary N) is 1. The molecule has 2 N–H and O–H groups in total. The summed E-state index contributed by atoms with van der Waals surface area (Å²) in [6.07, 6.45) is 4.50. The van der Waals surface area contributed by atoms with Crippen LogP contribution >= 0.6 is 0 Å².